The highest BCUT2D eigenvalue weighted by Gasteiger charge is 2.26. The Morgan fingerprint density at radius 3 is 2.65 bits per heavy atom. The van der Waals surface area contributed by atoms with Crippen LogP contribution in [0.4, 0.5) is 0 Å². The summed E-state index contributed by atoms with van der Waals surface area (Å²) in [6, 6.07) is 0. The maximum atomic E-state index is 11.6. The first-order valence-electron chi connectivity index (χ1n) is 6.56. The molecular formula is C16H24O. The molecule has 0 amide bonds. The van der Waals surface area contributed by atoms with E-state index in [0.717, 1.165) is 6.42 Å². The van der Waals surface area contributed by atoms with Gasteiger partial charge in [-0.05, 0) is 55.7 Å². The van der Waals surface area contributed by atoms with E-state index in [1.54, 1.807) is 12.2 Å². The molecule has 0 aromatic rings. The largest absolute Gasteiger partial charge is 0.290 e. The van der Waals surface area contributed by atoms with Crippen LogP contribution in [-0.4, -0.2) is 5.78 Å². The molecule has 0 saturated carbocycles. The van der Waals surface area contributed by atoms with Gasteiger partial charge in [0.25, 0.3) is 0 Å². The molecule has 1 aliphatic rings. The third-order valence-electron chi connectivity index (χ3n) is 3.47. The van der Waals surface area contributed by atoms with Crippen LogP contribution in [-0.2, 0) is 4.79 Å². The zero-order valence-electron chi connectivity index (χ0n) is 11.5. The molecule has 1 rings (SSSR count). The van der Waals surface area contributed by atoms with Crippen molar-refractivity contribution in [1.82, 2.24) is 0 Å². The van der Waals surface area contributed by atoms with Gasteiger partial charge in [0.1, 0.15) is 0 Å². The van der Waals surface area contributed by atoms with E-state index in [1.807, 2.05) is 19.1 Å². The highest BCUT2D eigenvalue weighted by molar-refractivity contribution is 5.99. The monoisotopic (exact) mass is 232 g/mol. The summed E-state index contributed by atoms with van der Waals surface area (Å²) in [5, 5.41) is 0. The summed E-state index contributed by atoms with van der Waals surface area (Å²) in [6.45, 7) is 8.75. The van der Waals surface area contributed by atoms with Crippen molar-refractivity contribution in [3.05, 3.63) is 35.5 Å². The van der Waals surface area contributed by atoms with E-state index in [0.29, 0.717) is 0 Å². The highest BCUT2D eigenvalue weighted by atomic mass is 16.1. The second-order valence-corrected chi connectivity index (χ2v) is 5.48. The standard InChI is InChI=1S/C16H24O/c1-5-6-9-14(17)10-11-15-13(2)8-7-12-16(15,3)4/h6,9-11H,5,7-8,12H2,1-4H3/b9-6+,11-10+. The van der Waals surface area contributed by atoms with E-state index in [1.165, 1.54) is 30.4 Å². The van der Waals surface area contributed by atoms with Crippen LogP contribution < -0.4 is 0 Å². The minimum absolute atomic E-state index is 0.0912. The van der Waals surface area contributed by atoms with Gasteiger partial charge in [-0.15, -0.1) is 0 Å². The Morgan fingerprint density at radius 2 is 2.06 bits per heavy atom. The van der Waals surface area contributed by atoms with Crippen LogP contribution in [0.2, 0.25) is 0 Å². The number of allylic oxidation sites excluding steroid dienone is 6. The van der Waals surface area contributed by atoms with Crippen LogP contribution in [0.3, 0.4) is 0 Å². The first-order valence-corrected chi connectivity index (χ1v) is 6.56. The van der Waals surface area contributed by atoms with Gasteiger partial charge in [0.05, 0.1) is 0 Å². The third kappa shape index (κ3) is 3.99. The van der Waals surface area contributed by atoms with Crippen molar-refractivity contribution in [3.8, 4) is 0 Å². The Kier molecular flexibility index (Phi) is 4.92. The molecule has 0 heterocycles. The van der Waals surface area contributed by atoms with Gasteiger partial charge in [0, 0.05) is 0 Å². The van der Waals surface area contributed by atoms with Crippen molar-refractivity contribution in [2.45, 2.75) is 53.4 Å². The zero-order valence-corrected chi connectivity index (χ0v) is 11.5. The number of hydrogen-bond acceptors (Lipinski definition) is 1. The van der Waals surface area contributed by atoms with Crippen LogP contribution in [0.1, 0.15) is 53.4 Å². The SMILES string of the molecule is CC/C=C/C(=O)/C=C/C1=C(C)CCCC1(C)C. The Hall–Kier alpha value is -1.11. The summed E-state index contributed by atoms with van der Waals surface area (Å²) in [5.74, 6) is 0.0912. The molecule has 0 radical (unpaired) electrons. The smallest absolute Gasteiger partial charge is 0.178 e. The molecule has 0 N–H and O–H groups in total. The Balaban J connectivity index is 2.82. The summed E-state index contributed by atoms with van der Waals surface area (Å²) in [4.78, 5) is 11.6. The average molecular weight is 232 g/mol. The first kappa shape index (κ1) is 14.0. The average Bonchev–Trinajstić information content (AvgIpc) is 2.24. The van der Waals surface area contributed by atoms with Gasteiger partial charge in [-0.1, -0.05) is 38.5 Å². The predicted molar refractivity (Wildman–Crippen MR) is 73.9 cm³/mol. The number of carbonyl (C=O) groups excluding carboxylic acids is 1. The molecule has 1 aliphatic carbocycles. The molecule has 0 aromatic carbocycles. The van der Waals surface area contributed by atoms with Gasteiger partial charge in [-0.25, -0.2) is 0 Å². The number of rotatable bonds is 4. The van der Waals surface area contributed by atoms with Crippen LogP contribution in [0.5, 0.6) is 0 Å². The topological polar surface area (TPSA) is 17.1 Å². The van der Waals surface area contributed by atoms with Crippen molar-refractivity contribution in [1.29, 1.82) is 0 Å². The molecule has 0 fully saturated rings. The second-order valence-electron chi connectivity index (χ2n) is 5.48. The lowest BCUT2D eigenvalue weighted by atomic mass is 9.72. The van der Waals surface area contributed by atoms with E-state index in [4.69, 9.17) is 0 Å². The lowest BCUT2D eigenvalue weighted by molar-refractivity contribution is -0.110. The molecule has 0 atom stereocenters. The van der Waals surface area contributed by atoms with Crippen LogP contribution in [0, 0.1) is 5.41 Å². The highest BCUT2D eigenvalue weighted by Crippen LogP contribution is 2.40. The van der Waals surface area contributed by atoms with Gasteiger partial charge in [-0.3, -0.25) is 4.79 Å². The molecule has 0 bridgehead atoms. The minimum atomic E-state index is 0.0912. The molecule has 0 spiro atoms. The molecular weight excluding hydrogens is 208 g/mol. The van der Waals surface area contributed by atoms with Crippen molar-refractivity contribution in [2.24, 2.45) is 5.41 Å². The fraction of sp³-hybridized carbons (Fsp3) is 0.562. The molecule has 1 heteroatoms. The van der Waals surface area contributed by atoms with Crippen LogP contribution in [0.25, 0.3) is 0 Å². The maximum Gasteiger partial charge on any atom is 0.178 e. The Morgan fingerprint density at radius 1 is 1.35 bits per heavy atom. The van der Waals surface area contributed by atoms with Gasteiger partial charge in [0.15, 0.2) is 5.78 Å². The van der Waals surface area contributed by atoms with Crippen LogP contribution in [0.15, 0.2) is 35.5 Å². The van der Waals surface area contributed by atoms with Crippen LogP contribution >= 0.6 is 0 Å². The third-order valence-corrected chi connectivity index (χ3v) is 3.47. The Labute approximate surface area is 105 Å². The number of hydrogen-bond donors (Lipinski definition) is 0. The summed E-state index contributed by atoms with van der Waals surface area (Å²) in [5.41, 5.74) is 3.00. The predicted octanol–water partition coefficient (Wildman–Crippen LogP) is 4.60. The zero-order chi connectivity index (χ0) is 12.9. The molecule has 0 unspecified atom stereocenters. The lowest BCUT2D eigenvalue weighted by Gasteiger charge is -2.32. The number of carbonyl (C=O) groups is 1. The number of ketones is 1. The maximum absolute atomic E-state index is 11.6. The van der Waals surface area contributed by atoms with E-state index < -0.39 is 0 Å². The van der Waals surface area contributed by atoms with Gasteiger partial charge < -0.3 is 0 Å². The van der Waals surface area contributed by atoms with E-state index >= 15 is 0 Å². The first-order chi connectivity index (χ1) is 7.97. The van der Waals surface area contributed by atoms with Gasteiger partial charge in [-0.2, -0.15) is 0 Å². The molecule has 0 saturated heterocycles. The molecule has 1 nitrogen and oxygen atoms in total. The fourth-order valence-electron chi connectivity index (χ4n) is 2.47. The quantitative estimate of drug-likeness (QED) is 0.647. The molecule has 17 heavy (non-hydrogen) atoms. The fourth-order valence-corrected chi connectivity index (χ4v) is 2.47. The van der Waals surface area contributed by atoms with Crippen molar-refractivity contribution < 1.29 is 4.79 Å². The van der Waals surface area contributed by atoms with E-state index in [2.05, 4.69) is 20.8 Å². The summed E-state index contributed by atoms with van der Waals surface area (Å²) in [6.07, 6.45) is 11.8. The van der Waals surface area contributed by atoms with Gasteiger partial charge >= 0.3 is 0 Å². The molecule has 94 valence electrons. The van der Waals surface area contributed by atoms with Crippen molar-refractivity contribution >= 4 is 5.78 Å². The normalized spacial score (nSPS) is 20.5. The van der Waals surface area contributed by atoms with Crippen molar-refractivity contribution in [2.75, 3.05) is 0 Å². The second kappa shape index (κ2) is 6.00. The summed E-state index contributed by atoms with van der Waals surface area (Å²) >= 11 is 0. The lowest BCUT2D eigenvalue weighted by Crippen LogP contribution is -2.19. The van der Waals surface area contributed by atoms with Crippen molar-refractivity contribution in [3.63, 3.8) is 0 Å². The van der Waals surface area contributed by atoms with E-state index in [-0.39, 0.29) is 11.2 Å². The summed E-state index contributed by atoms with van der Waals surface area (Å²) < 4.78 is 0. The Bertz CT molecular complexity index is 367. The molecule has 0 aromatic heterocycles. The van der Waals surface area contributed by atoms with E-state index in [9.17, 15) is 4.79 Å². The van der Waals surface area contributed by atoms with Gasteiger partial charge in [0.2, 0.25) is 0 Å². The molecule has 0 aliphatic heterocycles. The summed E-state index contributed by atoms with van der Waals surface area (Å²) in [7, 11) is 0. The minimum Gasteiger partial charge on any atom is -0.290 e.